The fraction of sp³-hybridized carbons (Fsp3) is 1.00. The number of sulfone groups is 1. The van der Waals surface area contributed by atoms with Gasteiger partial charge in [0, 0.05) is 25.4 Å². The minimum absolute atomic E-state index is 0.0976. The second-order valence-electron chi connectivity index (χ2n) is 4.89. The first-order chi connectivity index (χ1) is 8.46. The van der Waals surface area contributed by atoms with Crippen molar-refractivity contribution >= 4 is 9.84 Å². The van der Waals surface area contributed by atoms with E-state index in [2.05, 4.69) is 17.1 Å². The van der Waals surface area contributed by atoms with Gasteiger partial charge in [0.15, 0.2) is 0 Å². The van der Waals surface area contributed by atoms with Crippen LogP contribution in [0.15, 0.2) is 0 Å². The van der Waals surface area contributed by atoms with E-state index in [1.54, 1.807) is 0 Å². The Morgan fingerprint density at radius 2 is 2.17 bits per heavy atom. The number of rotatable bonds is 7. The normalized spacial score (nSPS) is 24.1. The molecule has 0 saturated carbocycles. The lowest BCUT2D eigenvalue weighted by atomic mass is 10.1. The summed E-state index contributed by atoms with van der Waals surface area (Å²) in [5.74, 6) is 0.219. The van der Waals surface area contributed by atoms with Crippen LogP contribution in [0.1, 0.15) is 20.3 Å². The van der Waals surface area contributed by atoms with Gasteiger partial charge in [-0.25, -0.2) is 8.42 Å². The lowest BCUT2D eigenvalue weighted by Gasteiger charge is -2.36. The minimum atomic E-state index is -2.90. The Labute approximate surface area is 111 Å². The van der Waals surface area contributed by atoms with Gasteiger partial charge in [0.05, 0.1) is 18.5 Å². The first kappa shape index (κ1) is 15.9. The van der Waals surface area contributed by atoms with Gasteiger partial charge in [0.1, 0.15) is 9.84 Å². The molecular weight excluding hydrogens is 252 g/mol. The Kier molecular flexibility index (Phi) is 6.55. The van der Waals surface area contributed by atoms with Gasteiger partial charge in [-0.05, 0) is 19.5 Å². The summed E-state index contributed by atoms with van der Waals surface area (Å²) in [5, 5.41) is 3.35. The molecule has 5 nitrogen and oxygen atoms in total. The molecule has 0 radical (unpaired) electrons. The number of ether oxygens (including phenoxy) is 1. The fourth-order valence-electron chi connectivity index (χ4n) is 2.28. The first-order valence-electron chi connectivity index (χ1n) is 6.71. The lowest BCUT2D eigenvalue weighted by molar-refractivity contribution is -0.0450. The van der Waals surface area contributed by atoms with E-state index in [1.165, 1.54) is 6.26 Å². The SMILES string of the molecule is CCNC(CCS(C)(=O)=O)C1CN(CC)CCO1. The molecule has 0 aromatic heterocycles. The van der Waals surface area contributed by atoms with Crippen LogP contribution in [0.4, 0.5) is 0 Å². The smallest absolute Gasteiger partial charge is 0.147 e. The van der Waals surface area contributed by atoms with Crippen LogP contribution in [-0.4, -0.2) is 70.3 Å². The van der Waals surface area contributed by atoms with Gasteiger partial charge in [-0.3, -0.25) is 4.90 Å². The summed E-state index contributed by atoms with van der Waals surface area (Å²) < 4.78 is 28.3. The van der Waals surface area contributed by atoms with Crippen molar-refractivity contribution < 1.29 is 13.2 Å². The molecule has 1 rings (SSSR count). The zero-order valence-electron chi connectivity index (χ0n) is 11.7. The zero-order chi connectivity index (χ0) is 13.6. The van der Waals surface area contributed by atoms with Crippen molar-refractivity contribution in [1.82, 2.24) is 10.2 Å². The van der Waals surface area contributed by atoms with Crippen LogP contribution in [-0.2, 0) is 14.6 Å². The average Bonchev–Trinajstić information content (AvgIpc) is 2.33. The van der Waals surface area contributed by atoms with Crippen molar-refractivity contribution in [2.75, 3.05) is 44.8 Å². The monoisotopic (exact) mass is 278 g/mol. The standard InChI is InChI=1S/C12H26N2O3S/c1-4-13-11(6-9-18(3,15)16)12-10-14(5-2)7-8-17-12/h11-13H,4-10H2,1-3H3. The molecule has 1 saturated heterocycles. The van der Waals surface area contributed by atoms with E-state index >= 15 is 0 Å². The van der Waals surface area contributed by atoms with Gasteiger partial charge in [-0.2, -0.15) is 0 Å². The van der Waals surface area contributed by atoms with Crippen LogP contribution in [0.3, 0.4) is 0 Å². The molecule has 18 heavy (non-hydrogen) atoms. The van der Waals surface area contributed by atoms with E-state index in [9.17, 15) is 8.42 Å². The maximum absolute atomic E-state index is 11.3. The van der Waals surface area contributed by atoms with E-state index < -0.39 is 9.84 Å². The summed E-state index contributed by atoms with van der Waals surface area (Å²) in [6.07, 6.45) is 2.01. The highest BCUT2D eigenvalue weighted by atomic mass is 32.2. The van der Waals surface area contributed by atoms with Crippen molar-refractivity contribution in [3.8, 4) is 0 Å². The van der Waals surface area contributed by atoms with Gasteiger partial charge in [0.25, 0.3) is 0 Å². The molecule has 0 spiro atoms. The van der Waals surface area contributed by atoms with Crippen molar-refractivity contribution in [3.05, 3.63) is 0 Å². The van der Waals surface area contributed by atoms with Gasteiger partial charge in [0.2, 0.25) is 0 Å². The Balaban J connectivity index is 2.54. The van der Waals surface area contributed by atoms with Crippen molar-refractivity contribution in [2.45, 2.75) is 32.4 Å². The summed E-state index contributed by atoms with van der Waals surface area (Å²) in [6, 6.07) is 0.124. The highest BCUT2D eigenvalue weighted by molar-refractivity contribution is 7.90. The summed E-state index contributed by atoms with van der Waals surface area (Å²) in [6.45, 7) is 8.62. The maximum atomic E-state index is 11.3. The van der Waals surface area contributed by atoms with Crippen LogP contribution in [0.2, 0.25) is 0 Å². The Hall–Kier alpha value is -0.170. The predicted octanol–water partition coefficient (Wildman–Crippen LogP) is 0.120. The quantitative estimate of drug-likeness (QED) is 0.717. The van der Waals surface area contributed by atoms with E-state index in [4.69, 9.17) is 4.74 Å². The zero-order valence-corrected chi connectivity index (χ0v) is 12.5. The summed E-state index contributed by atoms with van der Waals surface area (Å²) >= 11 is 0. The largest absolute Gasteiger partial charge is 0.374 e. The molecule has 1 fully saturated rings. The average molecular weight is 278 g/mol. The molecule has 0 amide bonds. The first-order valence-corrected chi connectivity index (χ1v) is 8.77. The van der Waals surface area contributed by atoms with Gasteiger partial charge in [-0.1, -0.05) is 13.8 Å². The molecule has 6 heteroatoms. The Morgan fingerprint density at radius 1 is 1.44 bits per heavy atom. The topological polar surface area (TPSA) is 58.6 Å². The molecule has 0 bridgehead atoms. The minimum Gasteiger partial charge on any atom is -0.374 e. The second kappa shape index (κ2) is 7.43. The number of morpholine rings is 1. The summed E-state index contributed by atoms with van der Waals surface area (Å²) in [4.78, 5) is 2.35. The number of hydrogen-bond donors (Lipinski definition) is 1. The third kappa shape index (κ3) is 5.65. The Bertz CT molecular complexity index is 332. The molecule has 0 aromatic rings. The van der Waals surface area contributed by atoms with Gasteiger partial charge < -0.3 is 10.1 Å². The molecule has 1 aliphatic heterocycles. The van der Waals surface area contributed by atoms with E-state index in [0.29, 0.717) is 6.42 Å². The number of hydrogen-bond acceptors (Lipinski definition) is 5. The molecule has 1 heterocycles. The van der Waals surface area contributed by atoms with Crippen molar-refractivity contribution in [2.24, 2.45) is 0 Å². The highest BCUT2D eigenvalue weighted by Crippen LogP contribution is 2.12. The lowest BCUT2D eigenvalue weighted by Crippen LogP contribution is -2.52. The van der Waals surface area contributed by atoms with Gasteiger partial charge >= 0.3 is 0 Å². The highest BCUT2D eigenvalue weighted by Gasteiger charge is 2.27. The van der Waals surface area contributed by atoms with Crippen LogP contribution in [0.25, 0.3) is 0 Å². The van der Waals surface area contributed by atoms with E-state index in [0.717, 1.165) is 32.8 Å². The molecule has 2 unspecified atom stereocenters. The van der Waals surface area contributed by atoms with Crippen molar-refractivity contribution in [1.29, 1.82) is 0 Å². The van der Waals surface area contributed by atoms with E-state index in [1.807, 2.05) is 6.92 Å². The summed E-state index contributed by atoms with van der Waals surface area (Å²) in [5.41, 5.74) is 0. The van der Waals surface area contributed by atoms with Crippen LogP contribution in [0, 0.1) is 0 Å². The number of likely N-dealkylation sites (N-methyl/N-ethyl adjacent to an activating group) is 2. The van der Waals surface area contributed by atoms with Crippen molar-refractivity contribution in [3.63, 3.8) is 0 Å². The molecule has 108 valence electrons. The molecule has 0 aliphatic carbocycles. The molecule has 1 aliphatic rings. The molecule has 1 N–H and O–H groups in total. The third-order valence-electron chi connectivity index (χ3n) is 3.34. The Morgan fingerprint density at radius 3 is 2.72 bits per heavy atom. The predicted molar refractivity (Wildman–Crippen MR) is 73.6 cm³/mol. The van der Waals surface area contributed by atoms with Crippen LogP contribution in [0.5, 0.6) is 0 Å². The second-order valence-corrected chi connectivity index (χ2v) is 7.14. The third-order valence-corrected chi connectivity index (χ3v) is 4.32. The number of nitrogens with one attached hydrogen (secondary N) is 1. The molecule has 2 atom stereocenters. The molecule has 0 aromatic carbocycles. The molecular formula is C12H26N2O3S. The number of nitrogens with zero attached hydrogens (tertiary/aromatic N) is 1. The fourth-order valence-corrected chi connectivity index (χ4v) is 2.97. The van der Waals surface area contributed by atoms with Gasteiger partial charge in [-0.15, -0.1) is 0 Å². The van der Waals surface area contributed by atoms with Crippen LogP contribution >= 0.6 is 0 Å². The maximum Gasteiger partial charge on any atom is 0.147 e. The summed E-state index contributed by atoms with van der Waals surface area (Å²) in [7, 11) is -2.90. The van der Waals surface area contributed by atoms with Crippen LogP contribution < -0.4 is 5.32 Å². The van der Waals surface area contributed by atoms with E-state index in [-0.39, 0.29) is 17.9 Å².